The molecule has 0 saturated carbocycles. The van der Waals surface area contributed by atoms with E-state index in [1.807, 2.05) is 24.3 Å². The Morgan fingerprint density at radius 1 is 1.08 bits per heavy atom. The van der Waals surface area contributed by atoms with Crippen LogP contribution in [0.25, 0.3) is 0 Å². The highest BCUT2D eigenvalue weighted by Crippen LogP contribution is 2.52. The molecule has 6 nitrogen and oxygen atoms in total. The zero-order valence-electron chi connectivity index (χ0n) is 14.7. The zero-order valence-corrected chi connectivity index (χ0v) is 14.7. The van der Waals surface area contributed by atoms with Gasteiger partial charge in [0.1, 0.15) is 11.3 Å². The lowest BCUT2D eigenvalue weighted by Gasteiger charge is -2.39. The minimum Gasteiger partial charge on any atom is -0.438 e. The molecule has 0 bridgehead atoms. The lowest BCUT2D eigenvalue weighted by atomic mass is 9.79. The summed E-state index contributed by atoms with van der Waals surface area (Å²) < 4.78 is 11.9. The van der Waals surface area contributed by atoms with Crippen LogP contribution in [0.1, 0.15) is 45.1 Å². The summed E-state index contributed by atoms with van der Waals surface area (Å²) in [6.45, 7) is 2.58. The Morgan fingerprint density at radius 2 is 1.77 bits per heavy atom. The fourth-order valence-electron chi connectivity index (χ4n) is 3.97. The number of benzene rings is 1. The fraction of sp³-hybridized carbons (Fsp3) is 0.350. The molecule has 0 aromatic heterocycles. The van der Waals surface area contributed by atoms with Crippen molar-refractivity contribution in [2.45, 2.75) is 45.1 Å². The van der Waals surface area contributed by atoms with Gasteiger partial charge in [-0.3, -0.25) is 14.4 Å². The van der Waals surface area contributed by atoms with Crippen LogP contribution in [-0.4, -0.2) is 17.5 Å². The second-order valence-corrected chi connectivity index (χ2v) is 6.77. The summed E-state index contributed by atoms with van der Waals surface area (Å²) in [6.07, 6.45) is 3.15. The van der Waals surface area contributed by atoms with Gasteiger partial charge in [-0.1, -0.05) is 18.2 Å². The third-order valence-corrected chi connectivity index (χ3v) is 5.09. The molecular formula is C20H19NO5. The predicted molar refractivity (Wildman–Crippen MR) is 92.8 cm³/mol. The highest BCUT2D eigenvalue weighted by molar-refractivity contribution is 6.18. The van der Waals surface area contributed by atoms with Crippen LogP contribution in [0.5, 0.6) is 0 Å². The number of rotatable bonds is 2. The molecule has 1 atom stereocenters. The molecule has 6 heteroatoms. The highest BCUT2D eigenvalue weighted by atomic mass is 16.7. The number of amides is 1. The largest absolute Gasteiger partial charge is 0.438 e. The van der Waals surface area contributed by atoms with Crippen molar-refractivity contribution in [3.8, 4) is 0 Å². The van der Waals surface area contributed by atoms with Gasteiger partial charge in [-0.2, -0.15) is 0 Å². The lowest BCUT2D eigenvalue weighted by molar-refractivity contribution is -0.144. The number of allylic oxidation sites excluding steroid dienone is 2. The average molecular weight is 353 g/mol. The Labute approximate surface area is 150 Å². The minimum absolute atomic E-state index is 0.154. The molecule has 2 aliphatic heterocycles. The van der Waals surface area contributed by atoms with Crippen molar-refractivity contribution in [3.05, 3.63) is 52.7 Å². The third-order valence-electron chi connectivity index (χ3n) is 5.09. The SMILES string of the molecule is CC(=O)C(C(C)=O)=C1OC2=C(CCCC2)C2(O1)C(=O)Nc1ccccc12. The van der Waals surface area contributed by atoms with Crippen LogP contribution in [0.15, 0.2) is 47.1 Å². The summed E-state index contributed by atoms with van der Waals surface area (Å²) >= 11 is 0. The first kappa shape index (κ1) is 16.6. The van der Waals surface area contributed by atoms with E-state index in [4.69, 9.17) is 9.47 Å². The highest BCUT2D eigenvalue weighted by Gasteiger charge is 2.57. The molecule has 0 saturated heterocycles. The van der Waals surface area contributed by atoms with Crippen LogP contribution in [0.3, 0.4) is 0 Å². The second kappa shape index (κ2) is 5.83. The summed E-state index contributed by atoms with van der Waals surface area (Å²) in [5, 5.41) is 2.86. The van der Waals surface area contributed by atoms with E-state index in [1.54, 1.807) is 0 Å². The molecular weight excluding hydrogens is 334 g/mol. The number of fused-ring (bicyclic) bond motifs is 3. The first-order valence-electron chi connectivity index (χ1n) is 8.71. The summed E-state index contributed by atoms with van der Waals surface area (Å²) in [4.78, 5) is 37.1. The van der Waals surface area contributed by atoms with E-state index in [0.29, 0.717) is 29.9 Å². The molecule has 1 spiro atoms. The standard InChI is InChI=1S/C20H19NO5/c1-11(22)17(12(2)23)18-25-16-10-6-4-8-14(16)20(26-18)13-7-3-5-9-15(13)21-19(20)24/h3,5,7,9H,4,6,8,10H2,1-2H3,(H,21,24). The number of para-hydroxylation sites is 1. The quantitative estimate of drug-likeness (QED) is 0.502. The van der Waals surface area contributed by atoms with Gasteiger partial charge in [0, 0.05) is 23.2 Å². The van der Waals surface area contributed by atoms with Crippen molar-refractivity contribution in [1.82, 2.24) is 0 Å². The van der Waals surface area contributed by atoms with Crippen molar-refractivity contribution >= 4 is 23.2 Å². The maximum absolute atomic E-state index is 13.1. The van der Waals surface area contributed by atoms with E-state index < -0.39 is 17.2 Å². The van der Waals surface area contributed by atoms with Crippen molar-refractivity contribution < 1.29 is 23.9 Å². The van der Waals surface area contributed by atoms with Gasteiger partial charge in [0.2, 0.25) is 5.60 Å². The van der Waals surface area contributed by atoms with Crippen molar-refractivity contribution in [2.75, 3.05) is 5.32 Å². The first-order valence-corrected chi connectivity index (χ1v) is 8.71. The molecule has 2 heterocycles. The fourth-order valence-corrected chi connectivity index (χ4v) is 3.97. The Kier molecular flexibility index (Phi) is 3.72. The third kappa shape index (κ3) is 2.21. The molecule has 1 aromatic carbocycles. The normalized spacial score (nSPS) is 23.6. The lowest BCUT2D eigenvalue weighted by Crippen LogP contribution is -2.44. The first-order chi connectivity index (χ1) is 12.4. The topological polar surface area (TPSA) is 81.7 Å². The van der Waals surface area contributed by atoms with Crippen LogP contribution < -0.4 is 5.32 Å². The van der Waals surface area contributed by atoms with E-state index in [2.05, 4.69) is 5.32 Å². The molecule has 0 radical (unpaired) electrons. The van der Waals surface area contributed by atoms with Gasteiger partial charge in [0.05, 0.1) is 0 Å². The Hall–Kier alpha value is -2.89. The summed E-state index contributed by atoms with van der Waals surface area (Å²) in [7, 11) is 0. The minimum atomic E-state index is -1.38. The Bertz CT molecular complexity index is 895. The van der Waals surface area contributed by atoms with E-state index in [-0.39, 0.29) is 17.4 Å². The number of ether oxygens (including phenoxy) is 2. The van der Waals surface area contributed by atoms with Gasteiger partial charge in [0.25, 0.3) is 5.91 Å². The number of ketones is 2. The van der Waals surface area contributed by atoms with Crippen molar-refractivity contribution in [1.29, 1.82) is 0 Å². The Balaban J connectivity index is 1.99. The van der Waals surface area contributed by atoms with E-state index in [0.717, 1.165) is 18.4 Å². The molecule has 4 rings (SSSR count). The van der Waals surface area contributed by atoms with E-state index >= 15 is 0 Å². The number of hydrogen-bond donors (Lipinski definition) is 1. The molecule has 1 amide bonds. The van der Waals surface area contributed by atoms with E-state index in [1.165, 1.54) is 13.8 Å². The van der Waals surface area contributed by atoms with Gasteiger partial charge >= 0.3 is 5.95 Å². The van der Waals surface area contributed by atoms with Crippen molar-refractivity contribution in [2.24, 2.45) is 0 Å². The number of hydrogen-bond acceptors (Lipinski definition) is 5. The summed E-state index contributed by atoms with van der Waals surface area (Å²) in [6, 6.07) is 7.31. The number of carbonyl (C=O) groups is 3. The number of carbonyl (C=O) groups excluding carboxylic acids is 3. The van der Waals surface area contributed by atoms with Crippen molar-refractivity contribution in [3.63, 3.8) is 0 Å². The summed E-state index contributed by atoms with van der Waals surface area (Å²) in [5.74, 6) is -0.759. The van der Waals surface area contributed by atoms with Crippen LogP contribution in [0, 0.1) is 0 Å². The maximum Gasteiger partial charge on any atom is 0.301 e. The van der Waals surface area contributed by atoms with Gasteiger partial charge in [0.15, 0.2) is 11.6 Å². The molecule has 26 heavy (non-hydrogen) atoms. The molecule has 0 fully saturated rings. The predicted octanol–water partition coefficient (Wildman–Crippen LogP) is 3.10. The average Bonchev–Trinajstić information content (AvgIpc) is 2.87. The number of anilines is 1. The maximum atomic E-state index is 13.1. The molecule has 1 aromatic rings. The van der Waals surface area contributed by atoms with E-state index in [9.17, 15) is 14.4 Å². The number of nitrogens with one attached hydrogen (secondary N) is 1. The van der Waals surface area contributed by atoms with Crippen LogP contribution >= 0.6 is 0 Å². The van der Waals surface area contributed by atoms with Gasteiger partial charge in [-0.15, -0.1) is 0 Å². The second-order valence-electron chi connectivity index (χ2n) is 6.77. The molecule has 1 unspecified atom stereocenters. The summed E-state index contributed by atoms with van der Waals surface area (Å²) in [5.41, 5.74) is 0.603. The number of Topliss-reactive ketones (excluding diaryl/α,β-unsaturated/α-hetero) is 2. The molecule has 1 aliphatic carbocycles. The zero-order chi connectivity index (χ0) is 18.5. The van der Waals surface area contributed by atoms with Crippen LogP contribution in [0.2, 0.25) is 0 Å². The van der Waals surface area contributed by atoms with Gasteiger partial charge in [-0.05, 0) is 39.2 Å². The van der Waals surface area contributed by atoms with Gasteiger partial charge < -0.3 is 14.8 Å². The van der Waals surface area contributed by atoms with Crippen LogP contribution in [-0.2, 0) is 29.5 Å². The smallest absolute Gasteiger partial charge is 0.301 e. The van der Waals surface area contributed by atoms with Crippen LogP contribution in [0.4, 0.5) is 5.69 Å². The molecule has 1 N–H and O–H groups in total. The molecule has 3 aliphatic rings. The monoisotopic (exact) mass is 353 g/mol. The molecule has 134 valence electrons. The Morgan fingerprint density at radius 3 is 2.50 bits per heavy atom. The van der Waals surface area contributed by atoms with Gasteiger partial charge in [-0.25, -0.2) is 0 Å².